The summed E-state index contributed by atoms with van der Waals surface area (Å²) >= 11 is 0. The summed E-state index contributed by atoms with van der Waals surface area (Å²) in [7, 11) is 6.11. The summed E-state index contributed by atoms with van der Waals surface area (Å²) < 4.78 is 27.1. The average molecular weight is 409 g/mol. The summed E-state index contributed by atoms with van der Waals surface area (Å²) in [6, 6.07) is 8.47. The molecule has 1 unspecified atom stereocenters. The highest BCUT2D eigenvalue weighted by atomic mass is 16.5. The molecule has 7 heteroatoms. The molecule has 0 aromatic heterocycles. The third-order valence-corrected chi connectivity index (χ3v) is 4.82. The highest BCUT2D eigenvalue weighted by Crippen LogP contribution is 2.48. The van der Waals surface area contributed by atoms with Crippen LogP contribution < -0.4 is 28.6 Å². The summed E-state index contributed by atoms with van der Waals surface area (Å²) in [6.07, 6.45) is 5.30. The Bertz CT molecular complexity index is 998. The molecule has 30 heavy (non-hydrogen) atoms. The number of carbonyl (C=O) groups is 1. The van der Waals surface area contributed by atoms with Gasteiger partial charge in [-0.25, -0.2) is 0 Å². The number of methoxy groups -OCH3 is 4. The third kappa shape index (κ3) is 3.48. The minimum atomic E-state index is -0.389. The number of rotatable bonds is 8. The monoisotopic (exact) mass is 409 g/mol. The maximum Gasteiger partial charge on any atom is 0.256 e. The first-order valence-corrected chi connectivity index (χ1v) is 9.07. The first-order valence-electron chi connectivity index (χ1n) is 9.07. The molecular formula is C23H23NO6. The summed E-state index contributed by atoms with van der Waals surface area (Å²) in [6.45, 7) is 4.04. The Morgan fingerprint density at radius 1 is 0.967 bits per heavy atom. The van der Waals surface area contributed by atoms with E-state index in [1.54, 1.807) is 36.3 Å². The van der Waals surface area contributed by atoms with E-state index >= 15 is 0 Å². The molecule has 1 aliphatic rings. The van der Waals surface area contributed by atoms with Crippen LogP contribution in [0.1, 0.15) is 11.6 Å². The van der Waals surface area contributed by atoms with Gasteiger partial charge in [-0.3, -0.25) is 9.69 Å². The van der Waals surface area contributed by atoms with Gasteiger partial charge in [-0.1, -0.05) is 18.6 Å². The standard InChI is InChI=1S/C23H23NO6/c1-7-10-30-18-11-15(8-9-17(18)26-3)21-14(2)23(25)24(21)16-12-19(27-4)22(29-6)20(13-16)28-5/h1,8-9,11-13,21H,2,10H2,3-6H3. The molecule has 1 heterocycles. The predicted molar refractivity (Wildman–Crippen MR) is 113 cm³/mol. The molecule has 1 fully saturated rings. The summed E-state index contributed by atoms with van der Waals surface area (Å²) in [5, 5.41) is 0. The Hall–Kier alpha value is -3.79. The van der Waals surface area contributed by atoms with Gasteiger partial charge in [0.1, 0.15) is 6.61 Å². The van der Waals surface area contributed by atoms with Gasteiger partial charge in [0.2, 0.25) is 5.75 Å². The van der Waals surface area contributed by atoms with Gasteiger partial charge in [-0.05, 0) is 17.7 Å². The zero-order valence-electron chi connectivity index (χ0n) is 17.4. The lowest BCUT2D eigenvalue weighted by Crippen LogP contribution is -2.48. The predicted octanol–water partition coefficient (Wildman–Crippen LogP) is 3.38. The van der Waals surface area contributed by atoms with Crippen LogP contribution in [0.4, 0.5) is 5.69 Å². The van der Waals surface area contributed by atoms with Gasteiger partial charge in [-0.15, -0.1) is 6.42 Å². The van der Waals surface area contributed by atoms with Gasteiger partial charge in [0.05, 0.1) is 40.2 Å². The largest absolute Gasteiger partial charge is 0.493 e. The number of carbonyl (C=O) groups excluding carboxylic acids is 1. The van der Waals surface area contributed by atoms with Crippen molar-refractivity contribution in [2.45, 2.75) is 6.04 Å². The van der Waals surface area contributed by atoms with E-state index in [1.807, 2.05) is 6.07 Å². The van der Waals surface area contributed by atoms with Crippen molar-refractivity contribution in [2.75, 3.05) is 39.9 Å². The Labute approximate surface area is 175 Å². The number of β-lactam (4-membered cyclic amide) rings is 1. The molecule has 0 saturated carbocycles. The molecule has 1 saturated heterocycles. The lowest BCUT2D eigenvalue weighted by Gasteiger charge is -2.42. The van der Waals surface area contributed by atoms with Gasteiger partial charge in [0, 0.05) is 17.7 Å². The van der Waals surface area contributed by atoms with Crippen LogP contribution in [0.2, 0.25) is 0 Å². The molecule has 7 nitrogen and oxygen atoms in total. The maximum absolute atomic E-state index is 12.7. The van der Waals surface area contributed by atoms with Crippen LogP contribution >= 0.6 is 0 Å². The molecule has 1 aliphatic heterocycles. The molecule has 0 N–H and O–H groups in total. The van der Waals surface area contributed by atoms with Gasteiger partial charge in [0.25, 0.3) is 5.91 Å². The number of terminal acetylenes is 1. The second kappa shape index (κ2) is 8.70. The molecule has 1 atom stereocenters. The number of ether oxygens (including phenoxy) is 5. The number of nitrogens with zero attached hydrogens (tertiary/aromatic N) is 1. The number of amides is 1. The fourth-order valence-electron chi connectivity index (χ4n) is 3.40. The van der Waals surface area contributed by atoms with E-state index in [1.165, 1.54) is 21.3 Å². The van der Waals surface area contributed by atoms with Crippen LogP contribution in [0.5, 0.6) is 28.7 Å². The first-order chi connectivity index (χ1) is 14.5. The molecule has 1 amide bonds. The molecule has 0 spiro atoms. The van der Waals surface area contributed by atoms with Crippen LogP contribution in [0.15, 0.2) is 42.5 Å². The highest BCUT2D eigenvalue weighted by Gasteiger charge is 2.43. The smallest absolute Gasteiger partial charge is 0.256 e. The molecule has 0 bridgehead atoms. The molecule has 3 rings (SSSR count). The van der Waals surface area contributed by atoms with E-state index in [4.69, 9.17) is 30.1 Å². The summed E-state index contributed by atoms with van der Waals surface area (Å²) in [5.74, 6) is 4.61. The molecule has 2 aromatic rings. The molecular weight excluding hydrogens is 386 g/mol. The van der Waals surface area contributed by atoms with Crippen molar-refractivity contribution in [3.05, 3.63) is 48.0 Å². The van der Waals surface area contributed by atoms with Gasteiger partial charge in [0.15, 0.2) is 23.0 Å². The van der Waals surface area contributed by atoms with Crippen LogP contribution in [-0.4, -0.2) is 41.0 Å². The van der Waals surface area contributed by atoms with Crippen LogP contribution in [0, 0.1) is 12.3 Å². The minimum Gasteiger partial charge on any atom is -0.493 e. The van der Waals surface area contributed by atoms with Crippen LogP contribution in [-0.2, 0) is 4.79 Å². The zero-order valence-corrected chi connectivity index (χ0v) is 17.4. The highest BCUT2D eigenvalue weighted by molar-refractivity contribution is 6.15. The molecule has 2 aromatic carbocycles. The first kappa shape index (κ1) is 20.9. The van der Waals surface area contributed by atoms with Crippen molar-refractivity contribution in [1.29, 1.82) is 0 Å². The van der Waals surface area contributed by atoms with Crippen LogP contribution in [0.25, 0.3) is 0 Å². The number of benzene rings is 2. The van der Waals surface area contributed by atoms with Crippen molar-refractivity contribution in [3.63, 3.8) is 0 Å². The SMILES string of the molecule is C#CCOc1cc(C2C(=C)C(=O)N2c2cc(OC)c(OC)c(OC)c2)ccc1OC. The Kier molecular flexibility index (Phi) is 6.07. The summed E-state index contributed by atoms with van der Waals surface area (Å²) in [4.78, 5) is 14.3. The van der Waals surface area contributed by atoms with Crippen molar-refractivity contribution in [2.24, 2.45) is 0 Å². The van der Waals surface area contributed by atoms with E-state index < -0.39 is 0 Å². The van der Waals surface area contributed by atoms with Crippen LogP contribution in [0.3, 0.4) is 0 Å². The topological polar surface area (TPSA) is 66.5 Å². The van der Waals surface area contributed by atoms with Crippen molar-refractivity contribution in [1.82, 2.24) is 0 Å². The van der Waals surface area contributed by atoms with Crippen molar-refractivity contribution in [3.8, 4) is 41.1 Å². The third-order valence-electron chi connectivity index (χ3n) is 4.82. The molecule has 156 valence electrons. The van der Waals surface area contributed by atoms with Gasteiger partial charge < -0.3 is 23.7 Å². The molecule has 0 aliphatic carbocycles. The zero-order chi connectivity index (χ0) is 21.8. The second-order valence-electron chi connectivity index (χ2n) is 6.39. The number of hydrogen-bond acceptors (Lipinski definition) is 6. The number of hydrogen-bond donors (Lipinski definition) is 0. The maximum atomic E-state index is 12.7. The second-order valence-corrected chi connectivity index (χ2v) is 6.39. The van der Waals surface area contributed by atoms with Gasteiger partial charge in [-0.2, -0.15) is 0 Å². The van der Waals surface area contributed by atoms with E-state index in [-0.39, 0.29) is 18.6 Å². The van der Waals surface area contributed by atoms with E-state index in [2.05, 4.69) is 12.5 Å². The van der Waals surface area contributed by atoms with Crippen molar-refractivity contribution >= 4 is 11.6 Å². The molecule has 0 radical (unpaired) electrons. The quantitative estimate of drug-likeness (QED) is 0.378. The summed E-state index contributed by atoms with van der Waals surface area (Å²) in [5.41, 5.74) is 1.85. The lowest BCUT2D eigenvalue weighted by atomic mass is 9.88. The lowest BCUT2D eigenvalue weighted by molar-refractivity contribution is -0.118. The normalized spacial score (nSPS) is 15.2. The average Bonchev–Trinajstić information content (AvgIpc) is 2.79. The van der Waals surface area contributed by atoms with Gasteiger partial charge >= 0.3 is 0 Å². The van der Waals surface area contributed by atoms with E-state index in [0.717, 1.165) is 5.56 Å². The Morgan fingerprint density at radius 3 is 2.13 bits per heavy atom. The number of anilines is 1. The fourth-order valence-corrected chi connectivity index (χ4v) is 3.40. The minimum absolute atomic E-state index is 0.0982. The van der Waals surface area contributed by atoms with Crippen molar-refractivity contribution < 1.29 is 28.5 Å². The Morgan fingerprint density at radius 2 is 1.60 bits per heavy atom. The van der Waals surface area contributed by atoms with E-state index in [0.29, 0.717) is 40.0 Å². The fraction of sp³-hybridized carbons (Fsp3) is 0.261. The van der Waals surface area contributed by atoms with E-state index in [9.17, 15) is 4.79 Å². The Balaban J connectivity index is 2.05.